The van der Waals surface area contributed by atoms with E-state index in [1.165, 1.54) is 6.08 Å². The van der Waals surface area contributed by atoms with Gasteiger partial charge >= 0.3 is 0 Å². The van der Waals surface area contributed by atoms with Gasteiger partial charge in [-0.2, -0.15) is 0 Å². The summed E-state index contributed by atoms with van der Waals surface area (Å²) in [6, 6.07) is 3.53. The van der Waals surface area contributed by atoms with Crippen LogP contribution >= 0.6 is 0 Å². The number of nitrogens with zero attached hydrogens (tertiary/aromatic N) is 1. The van der Waals surface area contributed by atoms with Crippen LogP contribution in [0.15, 0.2) is 37.2 Å². The topological polar surface area (TPSA) is 64.9 Å². The van der Waals surface area contributed by atoms with Gasteiger partial charge in [-0.3, -0.25) is 4.98 Å². The molecule has 1 heterocycles. The highest BCUT2D eigenvalue weighted by Gasteiger charge is 2.15. The van der Waals surface area contributed by atoms with E-state index >= 15 is 0 Å². The summed E-state index contributed by atoms with van der Waals surface area (Å²) >= 11 is 0. The summed E-state index contributed by atoms with van der Waals surface area (Å²) in [5.41, 5.74) is 11.2. The normalized spacial score (nSPS) is 11.1. The van der Waals surface area contributed by atoms with Crippen molar-refractivity contribution < 1.29 is 0 Å². The maximum Gasteiger partial charge on any atom is 0.109 e. The first kappa shape index (κ1) is 7.91. The average molecular weight is 149 g/mol. The van der Waals surface area contributed by atoms with E-state index in [9.17, 15) is 0 Å². The van der Waals surface area contributed by atoms with Crippen molar-refractivity contribution in [3.63, 3.8) is 0 Å². The molecule has 0 aliphatic carbocycles. The first-order valence-electron chi connectivity index (χ1n) is 3.28. The standard InChI is InChI=1S/C8H11N3/c1-2-8(9,10)7-3-5-11-6-4-7/h2-6H,1,9-10H2. The van der Waals surface area contributed by atoms with Gasteiger partial charge in [0.25, 0.3) is 0 Å². The van der Waals surface area contributed by atoms with E-state index in [0.717, 1.165) is 5.56 Å². The molecule has 0 aliphatic rings. The van der Waals surface area contributed by atoms with E-state index in [-0.39, 0.29) is 0 Å². The van der Waals surface area contributed by atoms with Gasteiger partial charge in [0, 0.05) is 12.4 Å². The van der Waals surface area contributed by atoms with Crippen molar-refractivity contribution in [2.45, 2.75) is 5.66 Å². The molecule has 0 saturated carbocycles. The number of hydrogen-bond donors (Lipinski definition) is 2. The van der Waals surface area contributed by atoms with Gasteiger partial charge in [-0.25, -0.2) is 0 Å². The minimum absolute atomic E-state index is 0.808. The smallest absolute Gasteiger partial charge is 0.109 e. The second kappa shape index (κ2) is 2.82. The fraction of sp³-hybridized carbons (Fsp3) is 0.125. The molecule has 1 aromatic heterocycles. The van der Waals surface area contributed by atoms with Gasteiger partial charge in [-0.15, -0.1) is 0 Å². The molecule has 3 nitrogen and oxygen atoms in total. The van der Waals surface area contributed by atoms with Crippen molar-refractivity contribution in [2.75, 3.05) is 0 Å². The largest absolute Gasteiger partial charge is 0.306 e. The Morgan fingerprint density at radius 2 is 1.91 bits per heavy atom. The fourth-order valence-electron chi connectivity index (χ4n) is 0.758. The highest BCUT2D eigenvalue weighted by molar-refractivity contribution is 5.24. The third-order valence-corrected chi connectivity index (χ3v) is 1.52. The van der Waals surface area contributed by atoms with Gasteiger partial charge in [0.2, 0.25) is 0 Å². The molecule has 0 unspecified atom stereocenters. The Hall–Kier alpha value is -1.19. The van der Waals surface area contributed by atoms with E-state index in [0.29, 0.717) is 0 Å². The summed E-state index contributed by atoms with van der Waals surface area (Å²) in [4.78, 5) is 3.85. The monoisotopic (exact) mass is 149 g/mol. The van der Waals surface area contributed by atoms with Gasteiger partial charge in [0.1, 0.15) is 5.66 Å². The second-order valence-electron chi connectivity index (χ2n) is 2.37. The molecule has 0 radical (unpaired) electrons. The molecule has 1 aromatic rings. The third kappa shape index (κ3) is 1.63. The van der Waals surface area contributed by atoms with Crippen LogP contribution in [-0.2, 0) is 5.66 Å². The lowest BCUT2D eigenvalue weighted by atomic mass is 10.0. The van der Waals surface area contributed by atoms with Gasteiger partial charge in [-0.05, 0) is 17.7 Å². The molecule has 11 heavy (non-hydrogen) atoms. The maximum atomic E-state index is 5.67. The lowest BCUT2D eigenvalue weighted by molar-refractivity contribution is 0.593. The molecular formula is C8H11N3. The van der Waals surface area contributed by atoms with Crippen LogP contribution in [-0.4, -0.2) is 4.98 Å². The molecule has 0 amide bonds. The molecule has 0 aliphatic heterocycles. The van der Waals surface area contributed by atoms with Gasteiger partial charge in [-0.1, -0.05) is 12.7 Å². The molecule has 3 heteroatoms. The van der Waals surface area contributed by atoms with Gasteiger partial charge in [0.15, 0.2) is 0 Å². The SMILES string of the molecule is C=CC(N)(N)c1ccncc1. The number of rotatable bonds is 2. The number of aromatic nitrogens is 1. The molecule has 58 valence electrons. The quantitative estimate of drug-likeness (QED) is 0.470. The number of pyridine rings is 1. The van der Waals surface area contributed by atoms with Crippen LogP contribution in [0.2, 0.25) is 0 Å². The van der Waals surface area contributed by atoms with E-state index in [1.807, 2.05) is 0 Å². The van der Waals surface area contributed by atoms with Crippen molar-refractivity contribution in [3.05, 3.63) is 42.7 Å². The Kier molecular flexibility index (Phi) is 2.03. The predicted molar refractivity (Wildman–Crippen MR) is 44.5 cm³/mol. The molecule has 0 aromatic carbocycles. The van der Waals surface area contributed by atoms with Crippen LogP contribution in [0.3, 0.4) is 0 Å². The summed E-state index contributed by atoms with van der Waals surface area (Å²) in [7, 11) is 0. The van der Waals surface area contributed by atoms with Crippen molar-refractivity contribution in [3.8, 4) is 0 Å². The molecule has 0 fully saturated rings. The second-order valence-corrected chi connectivity index (χ2v) is 2.37. The minimum Gasteiger partial charge on any atom is -0.306 e. The summed E-state index contributed by atoms with van der Waals surface area (Å²) < 4.78 is 0. The van der Waals surface area contributed by atoms with Crippen LogP contribution < -0.4 is 11.5 Å². The lowest BCUT2D eigenvalue weighted by Gasteiger charge is -2.19. The minimum atomic E-state index is -0.942. The van der Waals surface area contributed by atoms with E-state index in [4.69, 9.17) is 11.5 Å². The third-order valence-electron chi connectivity index (χ3n) is 1.52. The first-order valence-corrected chi connectivity index (χ1v) is 3.28. The van der Waals surface area contributed by atoms with E-state index < -0.39 is 5.66 Å². The van der Waals surface area contributed by atoms with Crippen LogP contribution in [0.4, 0.5) is 0 Å². The van der Waals surface area contributed by atoms with Crippen molar-refractivity contribution in [2.24, 2.45) is 11.5 Å². The highest BCUT2D eigenvalue weighted by atomic mass is 14.9. The van der Waals surface area contributed by atoms with E-state index in [2.05, 4.69) is 11.6 Å². The molecule has 0 bridgehead atoms. The number of nitrogens with two attached hydrogens (primary N) is 2. The first-order chi connectivity index (χ1) is 5.17. The fourth-order valence-corrected chi connectivity index (χ4v) is 0.758. The van der Waals surface area contributed by atoms with Crippen LogP contribution in [0.5, 0.6) is 0 Å². The average Bonchev–Trinajstić information content (AvgIpc) is 2.06. The molecular weight excluding hydrogens is 138 g/mol. The summed E-state index contributed by atoms with van der Waals surface area (Å²) in [5, 5.41) is 0. The Labute approximate surface area is 65.7 Å². The lowest BCUT2D eigenvalue weighted by Crippen LogP contribution is -2.43. The van der Waals surface area contributed by atoms with Crippen LogP contribution in [0.25, 0.3) is 0 Å². The molecule has 0 atom stereocenters. The van der Waals surface area contributed by atoms with E-state index in [1.54, 1.807) is 24.5 Å². The van der Waals surface area contributed by atoms with Crippen molar-refractivity contribution in [1.82, 2.24) is 4.98 Å². The number of hydrogen-bond acceptors (Lipinski definition) is 3. The zero-order valence-corrected chi connectivity index (χ0v) is 6.20. The van der Waals surface area contributed by atoms with Crippen LogP contribution in [0.1, 0.15) is 5.56 Å². The zero-order valence-electron chi connectivity index (χ0n) is 6.20. The molecule has 4 N–H and O–H groups in total. The van der Waals surface area contributed by atoms with Crippen molar-refractivity contribution >= 4 is 0 Å². The predicted octanol–water partition coefficient (Wildman–Crippen LogP) is 0.338. The van der Waals surface area contributed by atoms with Crippen LogP contribution in [0, 0.1) is 0 Å². The van der Waals surface area contributed by atoms with Gasteiger partial charge in [0.05, 0.1) is 0 Å². The summed E-state index contributed by atoms with van der Waals surface area (Å²) in [5.74, 6) is 0. The maximum absolute atomic E-state index is 5.67. The molecule has 0 saturated heterocycles. The van der Waals surface area contributed by atoms with Gasteiger partial charge < -0.3 is 11.5 Å². The summed E-state index contributed by atoms with van der Waals surface area (Å²) in [6.45, 7) is 3.54. The van der Waals surface area contributed by atoms with Crippen molar-refractivity contribution in [1.29, 1.82) is 0 Å². The Balaban J connectivity index is 3.02. The summed E-state index contributed by atoms with van der Waals surface area (Å²) in [6.07, 6.45) is 4.79. The molecule has 1 rings (SSSR count). The Morgan fingerprint density at radius 1 is 1.36 bits per heavy atom. The zero-order chi connectivity index (χ0) is 8.32. The Bertz CT molecular complexity index is 241. The Morgan fingerprint density at radius 3 is 2.36 bits per heavy atom. The molecule has 0 spiro atoms. The highest BCUT2D eigenvalue weighted by Crippen LogP contribution is 2.10.